The first-order chi connectivity index (χ1) is 15.7. The first-order valence-electron chi connectivity index (χ1n) is 11.1. The number of hydrogen-bond donors (Lipinski definition) is 1. The zero-order valence-electron chi connectivity index (χ0n) is 20.0. The van der Waals surface area contributed by atoms with Crippen molar-refractivity contribution in [3.05, 3.63) is 52.4 Å². The molecule has 0 bridgehead atoms. The predicted octanol–water partition coefficient (Wildman–Crippen LogP) is 2.87. The van der Waals surface area contributed by atoms with Gasteiger partial charge >= 0.3 is 0 Å². The average Bonchev–Trinajstić information content (AvgIpc) is 2.76. The van der Waals surface area contributed by atoms with Crippen molar-refractivity contribution in [2.75, 3.05) is 37.7 Å². The van der Waals surface area contributed by atoms with Crippen LogP contribution < -0.4 is 10.0 Å². The van der Waals surface area contributed by atoms with Gasteiger partial charge in [0.05, 0.1) is 28.8 Å². The lowest BCUT2D eigenvalue weighted by molar-refractivity contribution is -0.142. The van der Waals surface area contributed by atoms with Gasteiger partial charge in [-0.3, -0.25) is 4.79 Å². The van der Waals surface area contributed by atoms with Crippen LogP contribution in [-0.4, -0.2) is 52.0 Å². The Morgan fingerprint density at radius 2 is 1.88 bits per heavy atom. The van der Waals surface area contributed by atoms with E-state index in [9.17, 15) is 17.6 Å². The third-order valence-electron chi connectivity index (χ3n) is 5.97. The van der Waals surface area contributed by atoms with E-state index in [0.717, 1.165) is 0 Å². The van der Waals surface area contributed by atoms with Gasteiger partial charge in [0.25, 0.3) is 0 Å². The molecule has 1 amide bonds. The van der Waals surface area contributed by atoms with E-state index < -0.39 is 21.3 Å². The third kappa shape index (κ3) is 5.59. The van der Waals surface area contributed by atoms with Crippen LogP contribution in [-0.2, 0) is 19.6 Å². The number of nitrogens with zero attached hydrogens (tertiary/aromatic N) is 3. The Labute approximate surface area is 200 Å². The van der Waals surface area contributed by atoms with E-state index in [1.54, 1.807) is 24.0 Å². The van der Waals surface area contributed by atoms with Crippen LogP contribution in [0.5, 0.6) is 0 Å². The largest absolute Gasteiger partial charge is 0.496 e. The van der Waals surface area contributed by atoms with Crippen molar-refractivity contribution in [2.45, 2.75) is 34.1 Å². The molecule has 1 atom stereocenters. The van der Waals surface area contributed by atoms with E-state index in [2.05, 4.69) is 0 Å². The van der Waals surface area contributed by atoms with Crippen LogP contribution in [0.15, 0.2) is 41.0 Å². The average molecular weight is 491 g/mol. The molecule has 34 heavy (non-hydrogen) atoms. The molecule has 2 aliphatic rings. The van der Waals surface area contributed by atoms with E-state index in [1.807, 2.05) is 31.7 Å². The Balaban J connectivity index is 1.79. The van der Waals surface area contributed by atoms with Crippen LogP contribution in [0, 0.1) is 28.0 Å². The number of amides is 1. The van der Waals surface area contributed by atoms with Crippen molar-refractivity contribution >= 4 is 21.6 Å². The first-order valence-corrected chi connectivity index (χ1v) is 12.6. The van der Waals surface area contributed by atoms with Gasteiger partial charge in [-0.05, 0) is 42.7 Å². The summed E-state index contributed by atoms with van der Waals surface area (Å²) in [6.07, 6.45) is 2.83. The van der Waals surface area contributed by atoms with Gasteiger partial charge in [0.1, 0.15) is 17.0 Å². The molecule has 1 aliphatic carbocycles. The summed E-state index contributed by atoms with van der Waals surface area (Å²) in [7, 11) is -3.97. The van der Waals surface area contributed by atoms with E-state index in [4.69, 9.17) is 15.1 Å². The van der Waals surface area contributed by atoms with Gasteiger partial charge in [-0.15, -0.1) is 0 Å². The summed E-state index contributed by atoms with van der Waals surface area (Å²) in [5, 5.41) is 14.3. The molecular formula is C24H31FN4O4S. The van der Waals surface area contributed by atoms with Crippen LogP contribution in [0.25, 0.3) is 0 Å². The summed E-state index contributed by atoms with van der Waals surface area (Å²) in [5.74, 6) is -0.343. The Morgan fingerprint density at radius 1 is 1.24 bits per heavy atom. The molecule has 0 radical (unpaired) electrons. The Hall–Kier alpha value is -2.90. The quantitative estimate of drug-likeness (QED) is 0.678. The number of nitriles is 1. The number of rotatable bonds is 5. The molecule has 1 unspecified atom stereocenters. The first kappa shape index (κ1) is 25.7. The number of hydrogen-bond acceptors (Lipinski definition) is 6. The highest BCUT2D eigenvalue weighted by Crippen LogP contribution is 2.42. The molecular weight excluding hydrogens is 459 g/mol. The van der Waals surface area contributed by atoms with Crippen molar-refractivity contribution in [3.63, 3.8) is 0 Å². The number of sulfonamides is 1. The number of allylic oxidation sites excluding steroid dienone is 3. The number of carbonyl (C=O) groups excluding carboxylic acids is 1. The smallest absolute Gasteiger partial charge is 0.236 e. The maximum absolute atomic E-state index is 14.4. The maximum Gasteiger partial charge on any atom is 0.236 e. The molecule has 0 saturated carbocycles. The third-order valence-corrected chi connectivity index (χ3v) is 6.99. The summed E-state index contributed by atoms with van der Waals surface area (Å²) in [5.41, 5.74) is -0.771. The molecule has 10 heteroatoms. The number of halogens is 1. The molecule has 3 rings (SSSR count). The standard InChI is InChI=1S/C24H31FN4O4S/c1-23(2,3)16-33-21-8-6-18(34(27,31)32)14-24(21,4)22(30)29-11-9-28(10-12-29)20-7-5-17(15-26)13-19(20)25/h5-8,13H,9-12,14,16H2,1-4H3,(H2,27,31,32). The van der Waals surface area contributed by atoms with Crippen molar-refractivity contribution in [1.29, 1.82) is 5.26 Å². The van der Waals surface area contributed by atoms with Crippen LogP contribution in [0.2, 0.25) is 0 Å². The lowest BCUT2D eigenvalue weighted by atomic mass is 9.79. The highest BCUT2D eigenvalue weighted by Gasteiger charge is 2.46. The van der Waals surface area contributed by atoms with Crippen LogP contribution in [0.4, 0.5) is 10.1 Å². The van der Waals surface area contributed by atoms with E-state index >= 15 is 0 Å². The minimum Gasteiger partial charge on any atom is -0.496 e. The molecule has 2 N–H and O–H groups in total. The summed E-state index contributed by atoms with van der Waals surface area (Å²) in [6, 6.07) is 6.24. The number of nitrogens with two attached hydrogens (primary N) is 1. The number of ether oxygens (including phenoxy) is 1. The monoisotopic (exact) mass is 490 g/mol. The van der Waals surface area contributed by atoms with Crippen molar-refractivity contribution in [1.82, 2.24) is 4.90 Å². The highest BCUT2D eigenvalue weighted by molar-refractivity contribution is 7.93. The molecule has 1 heterocycles. The second kappa shape index (κ2) is 9.39. The second-order valence-corrected chi connectivity index (χ2v) is 11.7. The van der Waals surface area contributed by atoms with Gasteiger partial charge in [0.15, 0.2) is 0 Å². The van der Waals surface area contributed by atoms with Crippen LogP contribution >= 0.6 is 0 Å². The minimum absolute atomic E-state index is 0.0234. The number of primary sulfonamides is 1. The van der Waals surface area contributed by atoms with Gasteiger partial charge in [-0.2, -0.15) is 5.26 Å². The van der Waals surface area contributed by atoms with Crippen molar-refractivity contribution in [2.24, 2.45) is 16.0 Å². The van der Waals surface area contributed by atoms with Crippen LogP contribution in [0.3, 0.4) is 0 Å². The van der Waals surface area contributed by atoms with E-state index in [-0.39, 0.29) is 28.2 Å². The number of piperazine rings is 1. The molecule has 1 aromatic carbocycles. The molecule has 1 fully saturated rings. The van der Waals surface area contributed by atoms with Gasteiger partial charge < -0.3 is 14.5 Å². The highest BCUT2D eigenvalue weighted by atomic mass is 32.2. The minimum atomic E-state index is -3.97. The normalized spacial score (nSPS) is 21.4. The lowest BCUT2D eigenvalue weighted by Crippen LogP contribution is -2.54. The zero-order valence-corrected chi connectivity index (χ0v) is 20.8. The number of anilines is 1. The second-order valence-electron chi connectivity index (χ2n) is 10.1. The van der Waals surface area contributed by atoms with Gasteiger partial charge in [-0.1, -0.05) is 20.8 Å². The zero-order chi connectivity index (χ0) is 25.3. The van der Waals surface area contributed by atoms with Gasteiger partial charge in [0.2, 0.25) is 15.9 Å². The fraction of sp³-hybridized carbons (Fsp3) is 0.500. The molecule has 184 valence electrons. The lowest BCUT2D eigenvalue weighted by Gasteiger charge is -2.42. The van der Waals surface area contributed by atoms with Gasteiger partial charge in [-0.25, -0.2) is 17.9 Å². The fourth-order valence-electron chi connectivity index (χ4n) is 4.06. The summed E-state index contributed by atoms with van der Waals surface area (Å²) >= 11 is 0. The van der Waals surface area contributed by atoms with Gasteiger partial charge in [0, 0.05) is 32.6 Å². The molecule has 1 saturated heterocycles. The summed E-state index contributed by atoms with van der Waals surface area (Å²) in [4.78, 5) is 17.1. The van der Waals surface area contributed by atoms with Crippen LogP contribution in [0.1, 0.15) is 39.7 Å². The number of benzene rings is 1. The predicted molar refractivity (Wildman–Crippen MR) is 127 cm³/mol. The summed E-state index contributed by atoms with van der Waals surface area (Å²) in [6.45, 7) is 9.48. The maximum atomic E-state index is 14.4. The molecule has 8 nitrogen and oxygen atoms in total. The Kier molecular flexibility index (Phi) is 7.10. The Bertz CT molecular complexity index is 1170. The summed E-state index contributed by atoms with van der Waals surface area (Å²) < 4.78 is 44.5. The van der Waals surface area contributed by atoms with E-state index in [0.29, 0.717) is 44.2 Å². The number of carbonyl (C=O) groups is 1. The Morgan fingerprint density at radius 3 is 2.41 bits per heavy atom. The van der Waals surface area contributed by atoms with E-state index in [1.165, 1.54) is 18.2 Å². The molecule has 1 aromatic rings. The van der Waals surface area contributed by atoms with Crippen molar-refractivity contribution < 1.29 is 22.3 Å². The SMILES string of the molecule is CC(C)(C)COC1=CC=C(S(N)(=O)=O)CC1(C)C(=O)N1CCN(c2ccc(C#N)cc2F)CC1. The molecule has 1 aliphatic heterocycles. The molecule has 0 spiro atoms. The topological polar surface area (TPSA) is 117 Å². The molecule has 0 aromatic heterocycles. The van der Waals surface area contributed by atoms with Crippen molar-refractivity contribution in [3.8, 4) is 6.07 Å². The fourth-order valence-corrected chi connectivity index (χ4v) is 4.81.